The minimum absolute atomic E-state index is 0.298. The summed E-state index contributed by atoms with van der Waals surface area (Å²) in [5, 5.41) is 10.1. The van der Waals surface area contributed by atoms with E-state index in [4.69, 9.17) is 9.47 Å². The highest BCUT2D eigenvalue weighted by Crippen LogP contribution is 2.33. The molecule has 2 aromatic rings. The fourth-order valence-electron chi connectivity index (χ4n) is 2.00. The van der Waals surface area contributed by atoms with Crippen LogP contribution < -0.4 is 4.74 Å². The lowest BCUT2D eigenvalue weighted by Crippen LogP contribution is -2.26. The number of carbonyl (C=O) groups is 1. The van der Waals surface area contributed by atoms with Gasteiger partial charge in [-0.1, -0.05) is 0 Å². The molecule has 1 aromatic heterocycles. The zero-order valence-corrected chi connectivity index (χ0v) is 13.8. The molecule has 0 saturated carbocycles. The average molecular weight is 351 g/mol. The Labute approximate surface area is 131 Å². The van der Waals surface area contributed by atoms with Crippen LogP contribution in [0.3, 0.4) is 0 Å². The predicted molar refractivity (Wildman–Crippen MR) is 82.5 cm³/mol. The summed E-state index contributed by atoms with van der Waals surface area (Å²) in [5.74, 6) is 0.417. The number of halogens is 1. The van der Waals surface area contributed by atoms with Crippen molar-refractivity contribution in [2.75, 3.05) is 7.11 Å². The van der Waals surface area contributed by atoms with Gasteiger partial charge in [-0.25, -0.2) is 9.36 Å². The molecule has 0 unspecified atom stereocenters. The Morgan fingerprint density at radius 3 is 2.57 bits per heavy atom. The Hall–Kier alpha value is -2.00. The highest BCUT2D eigenvalue weighted by Gasteiger charge is 2.23. The van der Waals surface area contributed by atoms with E-state index in [0.29, 0.717) is 21.3 Å². The van der Waals surface area contributed by atoms with Crippen molar-refractivity contribution in [3.63, 3.8) is 0 Å². The summed E-state index contributed by atoms with van der Waals surface area (Å²) in [6, 6.07) is 5.58. The van der Waals surface area contributed by atoms with Gasteiger partial charge in [-0.15, -0.1) is 0 Å². The van der Waals surface area contributed by atoms with Crippen molar-refractivity contribution >= 4 is 32.9 Å². The zero-order chi connectivity index (χ0) is 15.8. The van der Waals surface area contributed by atoms with Crippen molar-refractivity contribution in [3.05, 3.63) is 28.4 Å². The van der Waals surface area contributed by atoms with Gasteiger partial charge in [0.1, 0.15) is 23.0 Å². The maximum absolute atomic E-state index is 12.3. The van der Waals surface area contributed by atoms with Crippen molar-refractivity contribution in [1.29, 1.82) is 5.26 Å². The molecule has 0 fully saturated rings. The molecule has 21 heavy (non-hydrogen) atoms. The monoisotopic (exact) mass is 350 g/mol. The minimum atomic E-state index is -0.619. The number of methoxy groups -OCH3 is 1. The molecule has 1 heterocycles. The number of nitrogens with zero attached hydrogens (tertiary/aromatic N) is 2. The number of ether oxygens (including phenoxy) is 2. The zero-order valence-electron chi connectivity index (χ0n) is 12.2. The van der Waals surface area contributed by atoms with E-state index in [1.807, 2.05) is 0 Å². The standard InChI is InChI=1S/C15H15BrN2O3/c1-15(2,3)21-14(19)18-8-11(16)9-5-6-12(20-4)10(7-17)13(9)18/h5-6,8H,1-4H3. The molecule has 110 valence electrons. The Morgan fingerprint density at radius 2 is 2.05 bits per heavy atom. The van der Waals surface area contributed by atoms with E-state index in [2.05, 4.69) is 22.0 Å². The van der Waals surface area contributed by atoms with Crippen LogP contribution in [0.25, 0.3) is 10.9 Å². The van der Waals surface area contributed by atoms with Gasteiger partial charge in [0.05, 0.1) is 12.6 Å². The van der Waals surface area contributed by atoms with Gasteiger partial charge in [0.2, 0.25) is 0 Å². The summed E-state index contributed by atoms with van der Waals surface area (Å²) in [4.78, 5) is 12.3. The molecule has 1 aromatic carbocycles. The molecule has 0 aliphatic rings. The fraction of sp³-hybridized carbons (Fsp3) is 0.333. The summed E-state index contributed by atoms with van der Waals surface area (Å²) in [6.45, 7) is 5.37. The van der Waals surface area contributed by atoms with Gasteiger partial charge >= 0.3 is 6.09 Å². The Balaban J connectivity index is 2.70. The molecule has 2 rings (SSSR count). The molecule has 0 spiro atoms. The number of rotatable bonds is 1. The second-order valence-corrected chi connectivity index (χ2v) is 6.33. The molecule has 0 aliphatic carbocycles. The SMILES string of the molecule is COc1ccc2c(Br)cn(C(=O)OC(C)(C)C)c2c1C#N. The van der Waals surface area contributed by atoms with Crippen LogP contribution in [-0.4, -0.2) is 23.4 Å². The topological polar surface area (TPSA) is 64.2 Å². The lowest BCUT2D eigenvalue weighted by Gasteiger charge is -2.20. The second kappa shape index (κ2) is 5.41. The van der Waals surface area contributed by atoms with E-state index >= 15 is 0 Å². The third-order valence-corrected chi connectivity index (χ3v) is 3.43. The summed E-state index contributed by atoms with van der Waals surface area (Å²) in [6.07, 6.45) is 1.06. The normalized spacial score (nSPS) is 11.2. The fourth-order valence-corrected chi connectivity index (χ4v) is 2.52. The lowest BCUT2D eigenvalue weighted by molar-refractivity contribution is 0.0544. The van der Waals surface area contributed by atoms with Crippen molar-refractivity contribution in [1.82, 2.24) is 4.57 Å². The average Bonchev–Trinajstić information content (AvgIpc) is 2.73. The Kier molecular flexibility index (Phi) is 3.97. The first-order valence-electron chi connectivity index (χ1n) is 6.29. The number of fused-ring (bicyclic) bond motifs is 1. The van der Waals surface area contributed by atoms with E-state index in [0.717, 1.165) is 5.39 Å². The van der Waals surface area contributed by atoms with Crippen LogP contribution in [0.2, 0.25) is 0 Å². The van der Waals surface area contributed by atoms with E-state index < -0.39 is 11.7 Å². The molecule has 6 heteroatoms. The first-order chi connectivity index (χ1) is 9.78. The number of aromatic nitrogens is 1. The van der Waals surface area contributed by atoms with Gasteiger partial charge in [-0.05, 0) is 48.8 Å². The molecular formula is C15H15BrN2O3. The van der Waals surface area contributed by atoms with Crippen LogP contribution >= 0.6 is 15.9 Å². The van der Waals surface area contributed by atoms with Crippen LogP contribution in [-0.2, 0) is 4.74 Å². The highest BCUT2D eigenvalue weighted by atomic mass is 79.9. The van der Waals surface area contributed by atoms with Crippen LogP contribution in [0.1, 0.15) is 26.3 Å². The predicted octanol–water partition coefficient (Wildman–Crippen LogP) is 4.07. The first-order valence-corrected chi connectivity index (χ1v) is 7.09. The van der Waals surface area contributed by atoms with Gasteiger partial charge in [0.15, 0.2) is 0 Å². The van der Waals surface area contributed by atoms with Gasteiger partial charge in [0.25, 0.3) is 0 Å². The van der Waals surface area contributed by atoms with Crippen molar-refractivity contribution < 1.29 is 14.3 Å². The van der Waals surface area contributed by atoms with E-state index in [1.165, 1.54) is 11.7 Å². The maximum Gasteiger partial charge on any atom is 0.419 e. The molecule has 0 atom stereocenters. The number of hydrogen-bond donors (Lipinski definition) is 0. The van der Waals surface area contributed by atoms with E-state index in [-0.39, 0.29) is 0 Å². The van der Waals surface area contributed by atoms with Gasteiger partial charge < -0.3 is 9.47 Å². The van der Waals surface area contributed by atoms with Crippen molar-refractivity contribution in [2.45, 2.75) is 26.4 Å². The van der Waals surface area contributed by atoms with Gasteiger partial charge in [-0.2, -0.15) is 5.26 Å². The number of nitriles is 1. The van der Waals surface area contributed by atoms with Crippen molar-refractivity contribution in [3.8, 4) is 11.8 Å². The Morgan fingerprint density at radius 1 is 1.38 bits per heavy atom. The first kappa shape index (κ1) is 15.4. The quantitative estimate of drug-likeness (QED) is 0.777. The molecule has 5 nitrogen and oxygen atoms in total. The molecule has 0 bridgehead atoms. The smallest absolute Gasteiger partial charge is 0.419 e. The molecule has 0 amide bonds. The molecule has 0 radical (unpaired) electrons. The van der Waals surface area contributed by atoms with Gasteiger partial charge in [0, 0.05) is 16.1 Å². The summed E-state index contributed by atoms with van der Waals surface area (Å²) in [5.41, 5.74) is 0.149. The highest BCUT2D eigenvalue weighted by molar-refractivity contribution is 9.10. The maximum atomic E-state index is 12.3. The third-order valence-electron chi connectivity index (χ3n) is 2.80. The second-order valence-electron chi connectivity index (χ2n) is 5.48. The molecule has 0 saturated heterocycles. The molecular weight excluding hydrogens is 336 g/mol. The van der Waals surface area contributed by atoms with E-state index in [9.17, 15) is 10.1 Å². The van der Waals surface area contributed by atoms with Crippen molar-refractivity contribution in [2.24, 2.45) is 0 Å². The van der Waals surface area contributed by atoms with Crippen LogP contribution in [0.15, 0.2) is 22.8 Å². The molecule has 0 aliphatic heterocycles. The Bertz CT molecular complexity index is 751. The number of benzene rings is 1. The number of carbonyl (C=O) groups excluding carboxylic acids is 1. The minimum Gasteiger partial charge on any atom is -0.495 e. The van der Waals surface area contributed by atoms with Crippen LogP contribution in [0.5, 0.6) is 5.75 Å². The van der Waals surface area contributed by atoms with E-state index in [1.54, 1.807) is 39.1 Å². The summed E-state index contributed by atoms with van der Waals surface area (Å²) < 4.78 is 12.6. The number of hydrogen-bond acceptors (Lipinski definition) is 4. The third kappa shape index (κ3) is 2.88. The molecule has 0 N–H and O–H groups in total. The van der Waals surface area contributed by atoms with Gasteiger partial charge in [-0.3, -0.25) is 0 Å². The summed E-state index contributed by atoms with van der Waals surface area (Å²) >= 11 is 3.40. The largest absolute Gasteiger partial charge is 0.495 e. The van der Waals surface area contributed by atoms with Crippen LogP contribution in [0.4, 0.5) is 4.79 Å². The lowest BCUT2D eigenvalue weighted by atomic mass is 10.1. The van der Waals surface area contributed by atoms with Crippen LogP contribution in [0, 0.1) is 11.3 Å². The summed E-state index contributed by atoms with van der Waals surface area (Å²) in [7, 11) is 1.48.